The number of aliphatic hydroxyl groups excluding tert-OH is 3. The molecule has 8 heteroatoms. The first-order valence-electron chi connectivity index (χ1n) is 25.3. The van der Waals surface area contributed by atoms with Crippen molar-refractivity contribution in [3.8, 4) is 0 Å². The summed E-state index contributed by atoms with van der Waals surface area (Å²) in [7, 11) is 2.03. The van der Waals surface area contributed by atoms with E-state index in [-0.39, 0.29) is 6.10 Å². The van der Waals surface area contributed by atoms with Crippen molar-refractivity contribution in [2.24, 2.45) is 0 Å². The predicted molar refractivity (Wildman–Crippen MR) is 249 cm³/mol. The van der Waals surface area contributed by atoms with E-state index in [1.807, 2.05) is 18.1 Å². The molecule has 0 aromatic rings. The van der Waals surface area contributed by atoms with Gasteiger partial charge in [0.1, 0.15) is 6.23 Å². The lowest BCUT2D eigenvalue weighted by molar-refractivity contribution is -0.0542. The largest absolute Gasteiger partial charge is 0.392 e. The molecule has 0 aliphatic carbocycles. The summed E-state index contributed by atoms with van der Waals surface area (Å²) in [5.74, 6) is 0. The molecule has 0 saturated carbocycles. The first kappa shape index (κ1) is 56.4. The summed E-state index contributed by atoms with van der Waals surface area (Å²) in [6.45, 7) is 10.9. The number of nitrogens with zero attached hydrogens (tertiary/aromatic N) is 2. The molecule has 0 aliphatic rings. The van der Waals surface area contributed by atoms with Gasteiger partial charge in [-0.05, 0) is 32.1 Å². The Morgan fingerprint density at radius 1 is 0.474 bits per heavy atom. The molecule has 0 radical (unpaired) electrons. The van der Waals surface area contributed by atoms with Crippen LogP contribution in [-0.4, -0.2) is 90.1 Å². The van der Waals surface area contributed by atoms with Crippen LogP contribution in [0.1, 0.15) is 239 Å². The van der Waals surface area contributed by atoms with E-state index in [0.29, 0.717) is 26.1 Å². The number of unbranched alkanes of at least 4 members (excludes halogenated alkanes) is 29. The summed E-state index contributed by atoms with van der Waals surface area (Å²) in [5, 5.41) is 39.9. The molecular weight excluding hydrogens is 707 g/mol. The number of hydrazine groups is 2. The van der Waals surface area contributed by atoms with Crippen molar-refractivity contribution >= 4 is 0 Å². The number of hydrogen-bond donors (Lipinski definition) is 6. The number of rotatable bonds is 48. The third kappa shape index (κ3) is 43.3. The number of allylic oxidation sites excluding steroid dienone is 1. The Morgan fingerprint density at radius 3 is 1.37 bits per heavy atom. The molecule has 3 atom stereocenters. The maximum atomic E-state index is 11.2. The Bertz CT molecular complexity index is 790. The third-order valence-corrected chi connectivity index (χ3v) is 11.6. The van der Waals surface area contributed by atoms with E-state index in [0.717, 1.165) is 51.7 Å². The topological polar surface area (TPSA) is 103 Å². The lowest BCUT2D eigenvalue weighted by Gasteiger charge is -2.30. The van der Waals surface area contributed by atoms with Gasteiger partial charge in [-0.25, -0.2) is 10.0 Å². The van der Waals surface area contributed by atoms with Gasteiger partial charge in [0.25, 0.3) is 0 Å². The first-order valence-corrected chi connectivity index (χ1v) is 25.3. The molecule has 0 bridgehead atoms. The van der Waals surface area contributed by atoms with Crippen molar-refractivity contribution < 1.29 is 15.3 Å². The van der Waals surface area contributed by atoms with E-state index in [9.17, 15) is 15.3 Å². The molecule has 8 nitrogen and oxygen atoms in total. The van der Waals surface area contributed by atoms with E-state index in [1.165, 1.54) is 180 Å². The summed E-state index contributed by atoms with van der Waals surface area (Å²) in [4.78, 5) is 0. The zero-order valence-electron chi connectivity index (χ0n) is 38.9. The Morgan fingerprint density at radius 2 is 0.895 bits per heavy atom. The Balaban J connectivity index is 4.33. The molecule has 6 N–H and O–H groups in total. The van der Waals surface area contributed by atoms with Gasteiger partial charge in [-0.15, -0.1) is 0 Å². The molecule has 0 heterocycles. The van der Waals surface area contributed by atoms with E-state index in [1.54, 1.807) is 0 Å². The van der Waals surface area contributed by atoms with Crippen LogP contribution in [0, 0.1) is 0 Å². The number of nitrogens with one attached hydrogen (secondary N) is 3. The van der Waals surface area contributed by atoms with Gasteiger partial charge < -0.3 is 20.6 Å². The minimum atomic E-state index is -0.615. The summed E-state index contributed by atoms with van der Waals surface area (Å²) >= 11 is 0. The highest BCUT2D eigenvalue weighted by Crippen LogP contribution is 2.15. The Labute approximate surface area is 356 Å². The molecule has 342 valence electrons. The maximum absolute atomic E-state index is 11.2. The van der Waals surface area contributed by atoms with Gasteiger partial charge in [0.05, 0.1) is 12.2 Å². The van der Waals surface area contributed by atoms with Gasteiger partial charge >= 0.3 is 0 Å². The van der Waals surface area contributed by atoms with Crippen LogP contribution < -0.4 is 16.2 Å². The first-order chi connectivity index (χ1) is 27.9. The number of aliphatic hydroxyl groups is 3. The smallest absolute Gasteiger partial charge is 0.119 e. The van der Waals surface area contributed by atoms with Crippen molar-refractivity contribution in [3.63, 3.8) is 0 Å². The summed E-state index contributed by atoms with van der Waals surface area (Å²) in [5.41, 5.74) is 6.78. The van der Waals surface area contributed by atoms with Crippen LogP contribution >= 0.6 is 0 Å². The van der Waals surface area contributed by atoms with Crippen LogP contribution in [-0.2, 0) is 0 Å². The molecule has 0 aliphatic heterocycles. The van der Waals surface area contributed by atoms with Gasteiger partial charge in [0.15, 0.2) is 0 Å². The van der Waals surface area contributed by atoms with Gasteiger partial charge in [-0.2, -0.15) is 0 Å². The summed E-state index contributed by atoms with van der Waals surface area (Å²) < 4.78 is 0. The monoisotopic (exact) mass is 810 g/mol. The fourth-order valence-corrected chi connectivity index (χ4v) is 7.67. The van der Waals surface area contributed by atoms with Gasteiger partial charge in [0.2, 0.25) is 0 Å². The number of likely N-dealkylation sites (N-methyl/N-ethyl adjacent to an activating group) is 1. The zero-order valence-corrected chi connectivity index (χ0v) is 38.9. The predicted octanol–water partition coefficient (Wildman–Crippen LogP) is 11.7. The minimum absolute atomic E-state index is 0.300. The lowest BCUT2D eigenvalue weighted by atomic mass is 10.0. The Kier molecular flexibility index (Phi) is 46.0. The summed E-state index contributed by atoms with van der Waals surface area (Å²) in [6, 6.07) is 0. The zero-order chi connectivity index (χ0) is 41.7. The molecule has 3 unspecified atom stereocenters. The standard InChI is InChI=1S/C49H103N5O3/c1-5-8-11-14-17-20-23-26-29-32-35-38-47(55)45-52-53(4)44-43-50-41-42-51-54(49(57)40-37-34-31-28-25-22-19-16-13-10-7-3)46-48(56)39-36-33-30-27-24-21-18-15-12-9-6-2/h36,39,47-52,55-57H,5-35,37-38,40-46H2,1-4H3/b39-36+. The maximum Gasteiger partial charge on any atom is 0.119 e. The van der Waals surface area contributed by atoms with Crippen molar-refractivity contribution in [2.45, 2.75) is 258 Å². The summed E-state index contributed by atoms with van der Waals surface area (Å²) in [6.07, 6.45) is 45.9. The normalized spacial score (nSPS) is 13.8. The van der Waals surface area contributed by atoms with Crippen molar-refractivity contribution in [2.75, 3.05) is 46.3 Å². The van der Waals surface area contributed by atoms with Crippen LogP contribution in [0.4, 0.5) is 0 Å². The van der Waals surface area contributed by atoms with Gasteiger partial charge in [0, 0.05) is 46.3 Å². The molecule has 0 saturated heterocycles. The van der Waals surface area contributed by atoms with Gasteiger partial charge in [-0.1, -0.05) is 219 Å². The molecule has 0 spiro atoms. The van der Waals surface area contributed by atoms with E-state index in [2.05, 4.69) is 48.0 Å². The lowest BCUT2D eigenvalue weighted by Crippen LogP contribution is -2.51. The van der Waals surface area contributed by atoms with E-state index < -0.39 is 12.3 Å². The fraction of sp³-hybridized carbons (Fsp3) is 0.959. The second-order valence-corrected chi connectivity index (χ2v) is 17.5. The highest BCUT2D eigenvalue weighted by molar-refractivity contribution is 4.90. The molecule has 0 rings (SSSR count). The fourth-order valence-electron chi connectivity index (χ4n) is 7.67. The van der Waals surface area contributed by atoms with Crippen LogP contribution in [0.2, 0.25) is 0 Å². The molecule has 0 aromatic carbocycles. The molecular formula is C49H103N5O3. The van der Waals surface area contributed by atoms with Crippen molar-refractivity contribution in [3.05, 3.63) is 12.2 Å². The van der Waals surface area contributed by atoms with Crippen LogP contribution in [0.5, 0.6) is 0 Å². The third-order valence-electron chi connectivity index (χ3n) is 11.6. The quantitative estimate of drug-likeness (QED) is 0.0156. The second-order valence-electron chi connectivity index (χ2n) is 17.5. The van der Waals surface area contributed by atoms with Gasteiger partial charge in [-0.3, -0.25) is 10.9 Å². The molecule has 0 fully saturated rings. The second kappa shape index (κ2) is 46.5. The van der Waals surface area contributed by atoms with Crippen molar-refractivity contribution in [1.29, 1.82) is 0 Å². The molecule has 0 amide bonds. The van der Waals surface area contributed by atoms with E-state index >= 15 is 0 Å². The Hall–Kier alpha value is -0.580. The average Bonchev–Trinajstić information content (AvgIpc) is 3.20. The molecule has 0 aromatic heterocycles. The average molecular weight is 810 g/mol. The van der Waals surface area contributed by atoms with Crippen LogP contribution in [0.15, 0.2) is 12.2 Å². The van der Waals surface area contributed by atoms with Crippen LogP contribution in [0.3, 0.4) is 0 Å². The highest BCUT2D eigenvalue weighted by Gasteiger charge is 2.18. The van der Waals surface area contributed by atoms with Crippen molar-refractivity contribution in [1.82, 2.24) is 26.2 Å². The van der Waals surface area contributed by atoms with E-state index in [4.69, 9.17) is 0 Å². The van der Waals surface area contributed by atoms with Crippen LogP contribution in [0.25, 0.3) is 0 Å². The SMILES string of the molecule is CCCCCCCCCCC/C=C/C(O)CN(NCCNCCN(C)NCC(O)CCCCCCCCCCCCC)C(O)CCCCCCCCCCCCC. The highest BCUT2D eigenvalue weighted by atomic mass is 16.3. The number of hydrogen-bond acceptors (Lipinski definition) is 8. The minimum Gasteiger partial charge on any atom is -0.392 e. The molecule has 57 heavy (non-hydrogen) atoms.